The van der Waals surface area contributed by atoms with Crippen LogP contribution in [-0.4, -0.2) is 22.3 Å². The number of thiazole rings is 1. The molecule has 0 saturated carbocycles. The quantitative estimate of drug-likeness (QED) is 0.908. The second-order valence-electron chi connectivity index (χ2n) is 4.65. The van der Waals surface area contributed by atoms with Crippen LogP contribution in [0.25, 0.3) is 10.7 Å². The van der Waals surface area contributed by atoms with Gasteiger partial charge in [-0.2, -0.15) is 0 Å². The molecule has 2 N–H and O–H groups in total. The fourth-order valence-electron chi connectivity index (χ4n) is 1.74. The minimum absolute atomic E-state index is 0.502. The lowest BCUT2D eigenvalue weighted by molar-refractivity contribution is 0.392. The molecule has 2 heterocycles. The Hall–Kier alpha value is -1.53. The highest BCUT2D eigenvalue weighted by Gasteiger charge is 2.14. The van der Waals surface area contributed by atoms with Crippen LogP contribution >= 0.6 is 11.3 Å². The molecule has 0 fully saturated rings. The van der Waals surface area contributed by atoms with Crippen LogP contribution in [0.2, 0.25) is 0 Å². The van der Waals surface area contributed by atoms with Gasteiger partial charge in [-0.3, -0.25) is 0 Å². The number of aromatic nitrogens is 3. The predicted octanol–water partition coefficient (Wildman–Crippen LogP) is 2.27. The van der Waals surface area contributed by atoms with Crippen molar-refractivity contribution in [3.8, 4) is 16.6 Å². The highest BCUT2D eigenvalue weighted by Crippen LogP contribution is 2.28. The third kappa shape index (κ3) is 3.27. The maximum atomic E-state index is 5.78. The lowest BCUT2D eigenvalue weighted by Crippen LogP contribution is -2.02. The average Bonchev–Trinajstić information content (AvgIpc) is 2.81. The molecule has 2 aromatic heterocycles. The summed E-state index contributed by atoms with van der Waals surface area (Å²) in [5.74, 6) is 1.06. The van der Waals surface area contributed by atoms with E-state index in [0.29, 0.717) is 18.3 Å². The lowest BCUT2D eigenvalue weighted by Gasteiger charge is -2.02. The standard InChI is InChI=1S/C13H18N4OS/c1-8(2)6-10-11(7-14)19-13(15-10)9-4-5-12(18-3)17-16-9/h4-5,8H,6-7,14H2,1-3H3. The summed E-state index contributed by atoms with van der Waals surface area (Å²) in [7, 11) is 1.57. The van der Waals surface area contributed by atoms with Gasteiger partial charge in [-0.15, -0.1) is 21.5 Å². The molecule has 0 aliphatic heterocycles. The molecule has 0 aromatic carbocycles. The van der Waals surface area contributed by atoms with Crippen molar-refractivity contribution in [2.75, 3.05) is 7.11 Å². The fourth-order valence-corrected chi connectivity index (χ4v) is 2.67. The molecule has 0 spiro atoms. The summed E-state index contributed by atoms with van der Waals surface area (Å²) in [5, 5.41) is 8.95. The largest absolute Gasteiger partial charge is 0.480 e. The molecular weight excluding hydrogens is 260 g/mol. The van der Waals surface area contributed by atoms with Crippen LogP contribution < -0.4 is 10.5 Å². The first-order chi connectivity index (χ1) is 9.13. The van der Waals surface area contributed by atoms with Gasteiger partial charge in [0.2, 0.25) is 5.88 Å². The zero-order chi connectivity index (χ0) is 13.8. The van der Waals surface area contributed by atoms with Crippen LogP contribution in [0.1, 0.15) is 24.4 Å². The van der Waals surface area contributed by atoms with Crippen LogP contribution in [0.3, 0.4) is 0 Å². The number of rotatable bonds is 5. The van der Waals surface area contributed by atoms with Crippen LogP contribution in [-0.2, 0) is 13.0 Å². The Morgan fingerprint density at radius 2 is 2.11 bits per heavy atom. The number of nitrogens with zero attached hydrogens (tertiary/aromatic N) is 3. The maximum Gasteiger partial charge on any atom is 0.233 e. The Kier molecular flexibility index (Phi) is 4.44. The van der Waals surface area contributed by atoms with Crippen molar-refractivity contribution in [1.29, 1.82) is 0 Å². The van der Waals surface area contributed by atoms with Gasteiger partial charge in [0.25, 0.3) is 0 Å². The maximum absolute atomic E-state index is 5.78. The number of methoxy groups -OCH3 is 1. The van der Waals surface area contributed by atoms with Crippen LogP contribution in [0.4, 0.5) is 0 Å². The third-order valence-corrected chi connectivity index (χ3v) is 3.78. The second-order valence-corrected chi connectivity index (χ2v) is 5.74. The third-order valence-electron chi connectivity index (χ3n) is 2.63. The van der Waals surface area contributed by atoms with E-state index in [4.69, 9.17) is 10.5 Å². The Labute approximate surface area is 116 Å². The summed E-state index contributed by atoms with van der Waals surface area (Å²) in [6, 6.07) is 3.65. The number of hydrogen-bond acceptors (Lipinski definition) is 6. The van der Waals surface area contributed by atoms with Crippen molar-refractivity contribution < 1.29 is 4.74 Å². The van der Waals surface area contributed by atoms with Crippen LogP contribution in [0.5, 0.6) is 5.88 Å². The molecule has 0 radical (unpaired) electrons. The number of hydrogen-bond donors (Lipinski definition) is 1. The number of nitrogens with two attached hydrogens (primary N) is 1. The van der Waals surface area contributed by atoms with E-state index in [9.17, 15) is 0 Å². The van der Waals surface area contributed by atoms with Crippen LogP contribution in [0.15, 0.2) is 12.1 Å². The van der Waals surface area contributed by atoms with Gasteiger partial charge in [0.1, 0.15) is 10.7 Å². The lowest BCUT2D eigenvalue weighted by atomic mass is 10.1. The van der Waals surface area contributed by atoms with Gasteiger partial charge in [-0.25, -0.2) is 4.98 Å². The van der Waals surface area contributed by atoms with Gasteiger partial charge in [0.05, 0.1) is 12.8 Å². The van der Waals surface area contributed by atoms with E-state index in [0.717, 1.165) is 27.7 Å². The molecule has 102 valence electrons. The Bertz CT molecular complexity index is 536. The molecule has 6 heteroatoms. The minimum atomic E-state index is 0.502. The van der Waals surface area contributed by atoms with Gasteiger partial charge in [-0.1, -0.05) is 13.8 Å². The van der Waals surface area contributed by atoms with Gasteiger partial charge in [0.15, 0.2) is 0 Å². The normalized spacial score (nSPS) is 11.0. The molecule has 0 bridgehead atoms. The summed E-state index contributed by atoms with van der Waals surface area (Å²) in [4.78, 5) is 5.77. The molecule has 2 aromatic rings. The van der Waals surface area contributed by atoms with Gasteiger partial charge < -0.3 is 10.5 Å². The van der Waals surface area contributed by atoms with E-state index in [1.807, 2.05) is 6.07 Å². The van der Waals surface area contributed by atoms with E-state index in [1.165, 1.54) is 0 Å². The number of ether oxygens (including phenoxy) is 1. The van der Waals surface area contributed by atoms with Gasteiger partial charge >= 0.3 is 0 Å². The highest BCUT2D eigenvalue weighted by atomic mass is 32.1. The summed E-state index contributed by atoms with van der Waals surface area (Å²) in [5.41, 5.74) is 7.62. The zero-order valence-electron chi connectivity index (χ0n) is 11.4. The fraction of sp³-hybridized carbons (Fsp3) is 0.462. The Balaban J connectivity index is 2.31. The molecule has 0 saturated heterocycles. The summed E-state index contributed by atoms with van der Waals surface area (Å²) < 4.78 is 5.00. The van der Waals surface area contributed by atoms with E-state index in [-0.39, 0.29) is 0 Å². The first kappa shape index (κ1) is 13.9. The Morgan fingerprint density at radius 1 is 1.32 bits per heavy atom. The van der Waals surface area contributed by atoms with E-state index < -0.39 is 0 Å². The smallest absolute Gasteiger partial charge is 0.233 e. The first-order valence-corrected chi connectivity index (χ1v) is 7.02. The highest BCUT2D eigenvalue weighted by molar-refractivity contribution is 7.15. The zero-order valence-corrected chi connectivity index (χ0v) is 12.2. The molecule has 0 aliphatic rings. The molecule has 5 nitrogen and oxygen atoms in total. The van der Waals surface area contributed by atoms with E-state index >= 15 is 0 Å². The van der Waals surface area contributed by atoms with Crippen molar-refractivity contribution in [3.05, 3.63) is 22.7 Å². The van der Waals surface area contributed by atoms with E-state index in [1.54, 1.807) is 24.5 Å². The van der Waals surface area contributed by atoms with Gasteiger partial charge in [-0.05, 0) is 18.4 Å². The summed E-state index contributed by atoms with van der Waals surface area (Å²) in [6.07, 6.45) is 0.937. The predicted molar refractivity (Wildman–Crippen MR) is 76.1 cm³/mol. The first-order valence-electron chi connectivity index (χ1n) is 6.20. The molecule has 0 unspecified atom stereocenters. The molecule has 0 amide bonds. The second kappa shape index (κ2) is 6.08. The Morgan fingerprint density at radius 3 is 2.63 bits per heavy atom. The molecule has 2 rings (SSSR count). The van der Waals surface area contributed by atoms with Crippen molar-refractivity contribution in [2.24, 2.45) is 11.7 Å². The molecular formula is C13H18N4OS. The molecule has 0 atom stereocenters. The van der Waals surface area contributed by atoms with Crippen molar-refractivity contribution in [2.45, 2.75) is 26.8 Å². The summed E-state index contributed by atoms with van der Waals surface area (Å²) >= 11 is 1.59. The van der Waals surface area contributed by atoms with Crippen molar-refractivity contribution >= 4 is 11.3 Å². The SMILES string of the molecule is COc1ccc(-c2nc(CC(C)C)c(CN)s2)nn1. The molecule has 0 aliphatic carbocycles. The van der Waals surface area contributed by atoms with Crippen LogP contribution in [0, 0.1) is 5.92 Å². The van der Waals surface area contributed by atoms with Crippen molar-refractivity contribution in [3.63, 3.8) is 0 Å². The van der Waals surface area contributed by atoms with E-state index in [2.05, 4.69) is 29.0 Å². The average molecular weight is 278 g/mol. The topological polar surface area (TPSA) is 73.9 Å². The van der Waals surface area contributed by atoms with Crippen molar-refractivity contribution in [1.82, 2.24) is 15.2 Å². The van der Waals surface area contributed by atoms with Gasteiger partial charge in [0, 0.05) is 17.5 Å². The minimum Gasteiger partial charge on any atom is -0.480 e. The monoisotopic (exact) mass is 278 g/mol. The summed E-state index contributed by atoms with van der Waals surface area (Å²) in [6.45, 7) is 4.86. The molecule has 19 heavy (non-hydrogen) atoms.